The Morgan fingerprint density at radius 2 is 1.61 bits per heavy atom. The van der Waals surface area contributed by atoms with Crippen LogP contribution >= 0.6 is 0 Å². The van der Waals surface area contributed by atoms with E-state index in [0.29, 0.717) is 0 Å². The maximum Gasteiger partial charge on any atom is 0.150 e. The highest BCUT2D eigenvalue weighted by molar-refractivity contribution is 6.02. The van der Waals surface area contributed by atoms with Gasteiger partial charge in [-0.15, -0.1) is 0 Å². The summed E-state index contributed by atoms with van der Waals surface area (Å²) in [6.07, 6.45) is 3.52. The minimum Gasteiger partial charge on any atom is -0.268 e. The van der Waals surface area contributed by atoms with Gasteiger partial charge in [-0.05, 0) is 12.1 Å². The summed E-state index contributed by atoms with van der Waals surface area (Å²) >= 11 is 0. The van der Waals surface area contributed by atoms with E-state index in [4.69, 9.17) is 9.97 Å². The second kappa shape index (κ2) is 4.61. The minimum absolute atomic E-state index is 0.842. The number of hydrogen-bond acceptors (Lipinski definition) is 3. The lowest BCUT2D eigenvalue weighted by Crippen LogP contribution is -2.01. The Labute approximate surface area is 132 Å². The molecule has 0 spiro atoms. The summed E-state index contributed by atoms with van der Waals surface area (Å²) in [7, 11) is 0. The predicted molar refractivity (Wildman–Crippen MR) is 90.3 cm³/mol. The lowest BCUT2D eigenvalue weighted by atomic mass is 10.0. The highest BCUT2D eigenvalue weighted by atomic mass is 15.1. The minimum atomic E-state index is 0.842. The molecule has 0 unspecified atom stereocenters. The Hall–Kier alpha value is -3.27. The van der Waals surface area contributed by atoms with Gasteiger partial charge in [-0.25, -0.2) is 15.0 Å². The van der Waals surface area contributed by atoms with E-state index in [1.807, 2.05) is 46.9 Å². The van der Waals surface area contributed by atoms with E-state index >= 15 is 0 Å². The van der Waals surface area contributed by atoms with E-state index in [1.54, 1.807) is 12.5 Å². The number of benzene rings is 2. The molecule has 3 heterocycles. The number of nitrogens with zero attached hydrogens (tertiary/aromatic N) is 4. The molecule has 4 nitrogen and oxygen atoms in total. The molecule has 0 amide bonds. The maximum atomic E-state index is 4.88. The molecule has 2 aliphatic heterocycles. The van der Waals surface area contributed by atoms with Crippen LogP contribution in [0.15, 0.2) is 73.2 Å². The summed E-state index contributed by atoms with van der Waals surface area (Å²) in [5.74, 6) is 0.892. The van der Waals surface area contributed by atoms with E-state index < -0.39 is 0 Å². The van der Waals surface area contributed by atoms with Crippen LogP contribution in [0.4, 0.5) is 0 Å². The van der Waals surface area contributed by atoms with Gasteiger partial charge in [0.15, 0.2) is 0 Å². The summed E-state index contributed by atoms with van der Waals surface area (Å²) in [4.78, 5) is 13.9. The molecule has 0 bridgehead atoms. The Balaban J connectivity index is 2.02. The first kappa shape index (κ1) is 12.3. The SMILES string of the molecule is c1ccc(-c2nc3ccncn3c3nc4ccccc4c2-3)cc1. The fourth-order valence-corrected chi connectivity index (χ4v) is 3.06. The fourth-order valence-electron chi connectivity index (χ4n) is 3.06. The van der Waals surface area contributed by atoms with Crippen LogP contribution in [0, 0.1) is 0 Å². The third-order valence-electron chi connectivity index (χ3n) is 4.10. The summed E-state index contributed by atoms with van der Waals surface area (Å²) < 4.78 is 1.95. The van der Waals surface area contributed by atoms with Crippen molar-refractivity contribution >= 4 is 16.6 Å². The molecular weight excluding hydrogens is 284 g/mol. The number of hydrogen-bond donors (Lipinski definition) is 0. The second-order valence-corrected chi connectivity index (χ2v) is 5.46. The van der Waals surface area contributed by atoms with E-state index in [-0.39, 0.29) is 0 Å². The molecule has 1 aromatic heterocycles. The summed E-state index contributed by atoms with van der Waals surface area (Å²) in [5, 5.41) is 1.12. The van der Waals surface area contributed by atoms with E-state index in [0.717, 1.165) is 39.2 Å². The van der Waals surface area contributed by atoms with Gasteiger partial charge in [0, 0.05) is 17.1 Å². The molecule has 3 aromatic rings. The van der Waals surface area contributed by atoms with Gasteiger partial charge >= 0.3 is 0 Å². The van der Waals surface area contributed by atoms with Gasteiger partial charge in [0.25, 0.3) is 0 Å². The molecule has 108 valence electrons. The van der Waals surface area contributed by atoms with Crippen molar-refractivity contribution < 1.29 is 0 Å². The number of para-hydroxylation sites is 1. The van der Waals surface area contributed by atoms with Gasteiger partial charge in [-0.2, -0.15) is 0 Å². The monoisotopic (exact) mass is 296 g/mol. The molecule has 0 atom stereocenters. The Morgan fingerprint density at radius 3 is 2.52 bits per heavy atom. The van der Waals surface area contributed by atoms with Crippen LogP contribution in [0.5, 0.6) is 0 Å². The van der Waals surface area contributed by atoms with Crippen LogP contribution in [-0.2, 0) is 0 Å². The average molecular weight is 296 g/mol. The van der Waals surface area contributed by atoms with Crippen molar-refractivity contribution in [1.29, 1.82) is 0 Å². The third-order valence-corrected chi connectivity index (χ3v) is 4.10. The largest absolute Gasteiger partial charge is 0.268 e. The second-order valence-electron chi connectivity index (χ2n) is 5.46. The summed E-state index contributed by atoms with van der Waals surface area (Å²) in [6, 6.07) is 20.3. The fraction of sp³-hybridized carbons (Fsp3) is 0. The lowest BCUT2D eigenvalue weighted by molar-refractivity contribution is 1.02. The van der Waals surface area contributed by atoms with Gasteiger partial charge < -0.3 is 0 Å². The molecule has 0 aliphatic carbocycles. The molecule has 2 aliphatic rings. The van der Waals surface area contributed by atoms with Crippen LogP contribution in [-0.4, -0.2) is 19.4 Å². The molecule has 0 saturated heterocycles. The molecule has 0 radical (unpaired) electrons. The number of rotatable bonds is 1. The molecule has 5 rings (SSSR count). The zero-order chi connectivity index (χ0) is 15.2. The van der Waals surface area contributed by atoms with Gasteiger partial charge in [0.05, 0.1) is 16.8 Å². The molecule has 0 fully saturated rings. The van der Waals surface area contributed by atoms with Crippen LogP contribution in [0.3, 0.4) is 0 Å². The van der Waals surface area contributed by atoms with Crippen molar-refractivity contribution in [3.05, 3.63) is 73.2 Å². The first-order valence-electron chi connectivity index (χ1n) is 7.48. The Kier molecular flexibility index (Phi) is 2.46. The first-order chi connectivity index (χ1) is 11.4. The summed E-state index contributed by atoms with van der Waals surface area (Å²) in [6.45, 7) is 0. The maximum absolute atomic E-state index is 4.88. The van der Waals surface area contributed by atoms with Crippen molar-refractivity contribution in [3.8, 4) is 22.6 Å². The van der Waals surface area contributed by atoms with E-state index in [2.05, 4.69) is 23.2 Å². The smallest absolute Gasteiger partial charge is 0.150 e. The van der Waals surface area contributed by atoms with Crippen molar-refractivity contribution in [2.75, 3.05) is 0 Å². The van der Waals surface area contributed by atoms with Gasteiger partial charge in [0.1, 0.15) is 17.8 Å². The standard InChI is InChI=1S/C19H12N4/c1-2-6-13(7-3-1)18-17-14-8-4-5-9-15(14)21-19(17)23-12-20-11-10-16(23)22-18/h1-12H. The highest BCUT2D eigenvalue weighted by Crippen LogP contribution is 2.38. The van der Waals surface area contributed by atoms with E-state index in [1.165, 1.54) is 0 Å². The normalized spacial score (nSPS) is 11.5. The molecule has 2 aromatic carbocycles. The van der Waals surface area contributed by atoms with Crippen molar-refractivity contribution in [1.82, 2.24) is 19.4 Å². The van der Waals surface area contributed by atoms with Crippen molar-refractivity contribution in [3.63, 3.8) is 0 Å². The molecule has 0 saturated carbocycles. The molecule has 23 heavy (non-hydrogen) atoms. The highest BCUT2D eigenvalue weighted by Gasteiger charge is 2.21. The quantitative estimate of drug-likeness (QED) is 0.468. The van der Waals surface area contributed by atoms with Crippen LogP contribution in [0.2, 0.25) is 0 Å². The summed E-state index contributed by atoms with van der Waals surface area (Å²) in [5.41, 5.74) is 4.94. The third kappa shape index (κ3) is 1.75. The Morgan fingerprint density at radius 1 is 0.783 bits per heavy atom. The lowest BCUT2D eigenvalue weighted by Gasteiger charge is -2.11. The number of aromatic nitrogens is 4. The van der Waals surface area contributed by atoms with Gasteiger partial charge in [-0.3, -0.25) is 4.40 Å². The van der Waals surface area contributed by atoms with Crippen LogP contribution in [0.1, 0.15) is 0 Å². The molecular formula is C19H12N4. The zero-order valence-corrected chi connectivity index (χ0v) is 12.2. The van der Waals surface area contributed by atoms with E-state index in [9.17, 15) is 0 Å². The molecule has 0 N–H and O–H groups in total. The Bertz CT molecular complexity index is 1110. The van der Waals surface area contributed by atoms with Crippen LogP contribution < -0.4 is 0 Å². The molecule has 4 heteroatoms. The topological polar surface area (TPSA) is 43.1 Å². The van der Waals surface area contributed by atoms with Crippen molar-refractivity contribution in [2.45, 2.75) is 0 Å². The zero-order valence-electron chi connectivity index (χ0n) is 12.2. The number of fused-ring (bicyclic) bond motifs is 5. The first-order valence-corrected chi connectivity index (χ1v) is 7.48. The predicted octanol–water partition coefficient (Wildman–Crippen LogP) is 4.05. The van der Waals surface area contributed by atoms with Crippen LogP contribution in [0.25, 0.3) is 39.2 Å². The average Bonchev–Trinajstić information content (AvgIpc) is 3.02. The van der Waals surface area contributed by atoms with Gasteiger partial charge in [-0.1, -0.05) is 48.5 Å². The van der Waals surface area contributed by atoms with Crippen molar-refractivity contribution in [2.24, 2.45) is 0 Å². The van der Waals surface area contributed by atoms with Gasteiger partial charge in [0.2, 0.25) is 0 Å².